The maximum atomic E-state index is 7.11. The van der Waals surface area contributed by atoms with Crippen molar-refractivity contribution >= 4 is 11.8 Å². The first kappa shape index (κ1) is 8.44. The number of pyridine rings is 1. The molecule has 1 rings (SSSR count). The van der Waals surface area contributed by atoms with Crippen LogP contribution in [0.15, 0.2) is 24.4 Å². The van der Waals surface area contributed by atoms with Crippen molar-refractivity contribution in [1.82, 2.24) is 10.5 Å². The molecule has 0 amide bonds. The van der Waals surface area contributed by atoms with Gasteiger partial charge in [0, 0.05) is 6.20 Å². The minimum absolute atomic E-state index is 0.212. The predicted molar refractivity (Wildman–Crippen MR) is 46.0 cm³/mol. The first-order valence-electron chi connectivity index (χ1n) is 3.27. The van der Waals surface area contributed by atoms with Gasteiger partial charge in [0.2, 0.25) is 5.96 Å². The van der Waals surface area contributed by atoms with Gasteiger partial charge < -0.3 is 5.73 Å². The van der Waals surface area contributed by atoms with Crippen molar-refractivity contribution in [3.63, 3.8) is 0 Å². The molecule has 0 aliphatic carbocycles. The number of aromatic nitrogens is 1. The lowest BCUT2D eigenvalue weighted by atomic mass is 10.4. The van der Waals surface area contributed by atoms with E-state index in [-0.39, 0.29) is 5.96 Å². The van der Waals surface area contributed by atoms with E-state index in [1.807, 2.05) is 0 Å². The maximum Gasteiger partial charge on any atom is 0.210 e. The summed E-state index contributed by atoms with van der Waals surface area (Å²) in [6.45, 7) is 0. The van der Waals surface area contributed by atoms with Gasteiger partial charge in [-0.05, 0) is 12.1 Å². The van der Waals surface area contributed by atoms with Gasteiger partial charge in [0.05, 0.1) is 0 Å². The Kier molecular flexibility index (Phi) is 2.57. The summed E-state index contributed by atoms with van der Waals surface area (Å²) in [6, 6.07) is 5.22. The van der Waals surface area contributed by atoms with E-state index in [0.29, 0.717) is 5.82 Å². The monoisotopic (exact) mass is 166 g/mol. The van der Waals surface area contributed by atoms with Gasteiger partial charge in [-0.2, -0.15) is 5.53 Å². The molecule has 1 heterocycles. The zero-order chi connectivity index (χ0) is 8.97. The van der Waals surface area contributed by atoms with E-state index >= 15 is 0 Å². The van der Waals surface area contributed by atoms with Crippen LogP contribution in [0.4, 0.5) is 5.82 Å². The van der Waals surface area contributed by atoms with Gasteiger partial charge in [-0.15, -0.1) is 0 Å². The van der Waals surface area contributed by atoms with Gasteiger partial charge >= 0.3 is 0 Å². The molecule has 0 radical (unpaired) electrons. The molecule has 0 fully saturated rings. The second-order valence-electron chi connectivity index (χ2n) is 2.04. The van der Waals surface area contributed by atoms with E-state index in [1.54, 1.807) is 24.4 Å². The van der Waals surface area contributed by atoms with Gasteiger partial charge in [0.25, 0.3) is 0 Å². The number of nitrogens with zero attached hydrogens (tertiary/aromatic N) is 2. The second-order valence-corrected chi connectivity index (χ2v) is 2.04. The average molecular weight is 166 g/mol. The van der Waals surface area contributed by atoms with E-state index in [0.717, 1.165) is 5.01 Å². The molecule has 0 spiro atoms. The fourth-order valence-electron chi connectivity index (χ4n) is 0.745. The Labute approximate surface area is 69.6 Å². The smallest absolute Gasteiger partial charge is 0.210 e. The lowest BCUT2D eigenvalue weighted by Gasteiger charge is -2.18. The van der Waals surface area contributed by atoms with Crippen molar-refractivity contribution in [2.45, 2.75) is 0 Å². The van der Waals surface area contributed by atoms with Crippen LogP contribution in [-0.4, -0.2) is 10.9 Å². The molecular formula is C6H10N6. The van der Waals surface area contributed by atoms with Gasteiger partial charge in [-0.25, -0.2) is 9.99 Å². The summed E-state index contributed by atoms with van der Waals surface area (Å²) in [5, 5.41) is 8.26. The molecule has 0 unspecified atom stereocenters. The molecular weight excluding hydrogens is 156 g/mol. The summed E-state index contributed by atoms with van der Waals surface area (Å²) < 4.78 is 0. The van der Waals surface area contributed by atoms with Crippen molar-refractivity contribution in [2.75, 3.05) is 5.01 Å². The third-order valence-corrected chi connectivity index (χ3v) is 1.25. The molecule has 0 aliphatic heterocycles. The maximum absolute atomic E-state index is 7.11. The standard InChI is InChI=1S/C6H10N6/c7-6(8)12(11-9)5-3-1-2-4-10-5/h1-4,11H,9H2,(H3,7,8). The predicted octanol–water partition coefficient (Wildman–Crippen LogP) is -0.840. The number of hydrogen-bond acceptors (Lipinski definition) is 4. The Balaban J connectivity index is 2.88. The molecule has 0 atom stereocenters. The highest BCUT2D eigenvalue weighted by molar-refractivity contribution is 5.90. The number of guanidine groups is 1. The van der Waals surface area contributed by atoms with E-state index < -0.39 is 0 Å². The summed E-state index contributed by atoms with van der Waals surface area (Å²) in [5.74, 6) is 5.39. The van der Waals surface area contributed by atoms with Gasteiger partial charge in [0.15, 0.2) is 5.82 Å². The number of nitrogens with one attached hydrogen (secondary N) is 2. The number of rotatable bonds is 2. The van der Waals surface area contributed by atoms with Crippen LogP contribution in [0.3, 0.4) is 0 Å². The molecule has 6 heteroatoms. The molecule has 12 heavy (non-hydrogen) atoms. The van der Waals surface area contributed by atoms with E-state index in [9.17, 15) is 0 Å². The Morgan fingerprint density at radius 2 is 2.33 bits per heavy atom. The third-order valence-electron chi connectivity index (χ3n) is 1.25. The molecule has 0 saturated heterocycles. The SMILES string of the molecule is N=C(N)N(NN)c1ccccn1. The highest BCUT2D eigenvalue weighted by atomic mass is 15.7. The molecule has 1 aromatic rings. The quantitative estimate of drug-likeness (QED) is 0.198. The van der Waals surface area contributed by atoms with E-state index in [4.69, 9.17) is 17.0 Å². The van der Waals surface area contributed by atoms with Crippen molar-refractivity contribution in [1.29, 1.82) is 5.41 Å². The minimum Gasteiger partial charge on any atom is -0.369 e. The fraction of sp³-hybridized carbons (Fsp3) is 0. The first-order chi connectivity index (χ1) is 5.75. The lowest BCUT2D eigenvalue weighted by molar-refractivity contribution is 0.757. The summed E-state index contributed by atoms with van der Waals surface area (Å²) in [4.78, 5) is 3.93. The lowest BCUT2D eigenvalue weighted by Crippen LogP contribution is -2.50. The van der Waals surface area contributed by atoms with Gasteiger partial charge in [-0.3, -0.25) is 11.3 Å². The molecule has 0 aromatic carbocycles. The Hall–Kier alpha value is -1.66. The van der Waals surface area contributed by atoms with Crippen LogP contribution in [0.2, 0.25) is 0 Å². The van der Waals surface area contributed by atoms with Gasteiger partial charge in [-0.1, -0.05) is 6.07 Å². The third kappa shape index (κ3) is 1.68. The Bertz CT molecular complexity index is 258. The molecule has 6 N–H and O–H groups in total. The topological polar surface area (TPSA) is 104 Å². The van der Waals surface area contributed by atoms with Crippen molar-refractivity contribution in [3.05, 3.63) is 24.4 Å². The number of anilines is 1. The Morgan fingerprint density at radius 1 is 1.58 bits per heavy atom. The van der Waals surface area contributed by atoms with Gasteiger partial charge in [0.1, 0.15) is 0 Å². The van der Waals surface area contributed by atoms with Crippen LogP contribution >= 0.6 is 0 Å². The highest BCUT2D eigenvalue weighted by Crippen LogP contribution is 2.03. The summed E-state index contributed by atoms with van der Waals surface area (Å²) in [5.41, 5.74) is 7.45. The minimum atomic E-state index is -0.212. The second kappa shape index (κ2) is 3.65. The van der Waals surface area contributed by atoms with Crippen molar-refractivity contribution in [2.24, 2.45) is 11.6 Å². The zero-order valence-corrected chi connectivity index (χ0v) is 6.36. The molecule has 0 bridgehead atoms. The average Bonchev–Trinajstić information content (AvgIpc) is 2.07. The fourth-order valence-corrected chi connectivity index (χ4v) is 0.745. The van der Waals surface area contributed by atoms with Crippen LogP contribution in [0, 0.1) is 5.41 Å². The molecule has 6 nitrogen and oxygen atoms in total. The van der Waals surface area contributed by atoms with E-state index in [2.05, 4.69) is 10.5 Å². The van der Waals surface area contributed by atoms with Crippen LogP contribution in [0.5, 0.6) is 0 Å². The Morgan fingerprint density at radius 3 is 2.75 bits per heavy atom. The molecule has 0 saturated carbocycles. The molecule has 64 valence electrons. The van der Waals surface area contributed by atoms with E-state index in [1.165, 1.54) is 0 Å². The largest absolute Gasteiger partial charge is 0.369 e. The van der Waals surface area contributed by atoms with Crippen LogP contribution in [0.25, 0.3) is 0 Å². The number of hydrogen-bond donors (Lipinski definition) is 4. The highest BCUT2D eigenvalue weighted by Gasteiger charge is 2.06. The van der Waals surface area contributed by atoms with Crippen LogP contribution < -0.4 is 22.1 Å². The van der Waals surface area contributed by atoms with Crippen molar-refractivity contribution < 1.29 is 0 Å². The normalized spacial score (nSPS) is 9.42. The first-order valence-corrected chi connectivity index (χ1v) is 3.27. The zero-order valence-electron chi connectivity index (χ0n) is 6.36. The summed E-state index contributed by atoms with van der Waals surface area (Å²) in [7, 11) is 0. The number of nitrogens with two attached hydrogens (primary N) is 2. The van der Waals surface area contributed by atoms with Crippen LogP contribution in [-0.2, 0) is 0 Å². The number of hydrazine groups is 2. The summed E-state index contributed by atoms with van der Waals surface area (Å²) >= 11 is 0. The summed E-state index contributed by atoms with van der Waals surface area (Å²) in [6.07, 6.45) is 1.59. The molecule has 1 aromatic heterocycles. The molecule has 0 aliphatic rings. The van der Waals surface area contributed by atoms with Crippen molar-refractivity contribution in [3.8, 4) is 0 Å². The van der Waals surface area contributed by atoms with Crippen LogP contribution in [0.1, 0.15) is 0 Å².